The van der Waals surface area contributed by atoms with E-state index in [9.17, 15) is 4.79 Å². The second-order valence-electron chi connectivity index (χ2n) is 3.68. The second kappa shape index (κ2) is 7.87. The lowest BCUT2D eigenvalue weighted by atomic mass is 10.3. The molecule has 16 heavy (non-hydrogen) atoms. The molecule has 0 aliphatic rings. The third-order valence-corrected chi connectivity index (χ3v) is 2.28. The molecule has 0 bridgehead atoms. The smallest absolute Gasteiger partial charge is 0.220 e. The quantitative estimate of drug-likeness (QED) is 0.628. The molecule has 1 rings (SSSR count). The average molecular weight is 224 g/mol. The van der Waals surface area contributed by atoms with Gasteiger partial charge in [0.1, 0.15) is 0 Å². The minimum absolute atomic E-state index is 0.135. The predicted octanol–water partition coefficient (Wildman–Crippen LogP) is 0.389. The van der Waals surface area contributed by atoms with E-state index >= 15 is 0 Å². The highest BCUT2D eigenvalue weighted by Crippen LogP contribution is 1.90. The molecule has 5 nitrogen and oxygen atoms in total. The molecule has 0 aliphatic carbocycles. The van der Waals surface area contributed by atoms with Gasteiger partial charge in [-0.3, -0.25) is 9.48 Å². The molecule has 1 aromatic rings. The van der Waals surface area contributed by atoms with Gasteiger partial charge in [-0.25, -0.2) is 0 Å². The fourth-order valence-corrected chi connectivity index (χ4v) is 1.42. The van der Waals surface area contributed by atoms with Gasteiger partial charge in [0.2, 0.25) is 5.91 Å². The van der Waals surface area contributed by atoms with Crippen LogP contribution in [0.3, 0.4) is 0 Å². The summed E-state index contributed by atoms with van der Waals surface area (Å²) in [5.74, 6) is 0.135. The van der Waals surface area contributed by atoms with E-state index in [1.807, 2.05) is 24.0 Å². The molecule has 0 aliphatic heterocycles. The molecular weight excluding hydrogens is 204 g/mol. The molecule has 2 N–H and O–H groups in total. The fourth-order valence-electron chi connectivity index (χ4n) is 1.42. The van der Waals surface area contributed by atoms with Crippen LogP contribution in [-0.2, 0) is 11.3 Å². The molecule has 90 valence electrons. The first-order valence-corrected chi connectivity index (χ1v) is 5.71. The maximum atomic E-state index is 11.3. The van der Waals surface area contributed by atoms with Crippen LogP contribution in [0.4, 0.5) is 0 Å². The lowest BCUT2D eigenvalue weighted by Gasteiger charge is -2.05. The van der Waals surface area contributed by atoms with Gasteiger partial charge in [-0.15, -0.1) is 0 Å². The average Bonchev–Trinajstić information content (AvgIpc) is 2.78. The van der Waals surface area contributed by atoms with Crippen molar-refractivity contribution in [2.45, 2.75) is 25.8 Å². The SMILES string of the molecule is CNCCCC(=O)NCCCn1cccn1. The Bertz CT molecular complexity index is 284. The van der Waals surface area contributed by atoms with Gasteiger partial charge < -0.3 is 10.6 Å². The minimum Gasteiger partial charge on any atom is -0.356 e. The predicted molar refractivity (Wildman–Crippen MR) is 63.0 cm³/mol. The largest absolute Gasteiger partial charge is 0.356 e. The molecule has 1 aromatic heterocycles. The number of rotatable bonds is 8. The third-order valence-electron chi connectivity index (χ3n) is 2.28. The van der Waals surface area contributed by atoms with Crippen molar-refractivity contribution in [2.75, 3.05) is 20.1 Å². The normalized spacial score (nSPS) is 10.3. The Morgan fingerprint density at radius 1 is 1.38 bits per heavy atom. The Balaban J connectivity index is 1.96. The van der Waals surface area contributed by atoms with Crippen LogP contribution in [0.1, 0.15) is 19.3 Å². The van der Waals surface area contributed by atoms with Crippen LogP contribution >= 0.6 is 0 Å². The molecule has 0 saturated carbocycles. The molecule has 0 spiro atoms. The molecular formula is C11H20N4O. The van der Waals surface area contributed by atoms with Gasteiger partial charge >= 0.3 is 0 Å². The van der Waals surface area contributed by atoms with E-state index in [0.717, 1.165) is 32.5 Å². The summed E-state index contributed by atoms with van der Waals surface area (Å²) in [6.07, 6.45) is 6.09. The molecule has 0 radical (unpaired) electrons. The molecule has 0 aromatic carbocycles. The molecule has 0 saturated heterocycles. The van der Waals surface area contributed by atoms with Crippen LogP contribution in [0.2, 0.25) is 0 Å². The van der Waals surface area contributed by atoms with Gasteiger partial charge in [-0.2, -0.15) is 5.10 Å². The summed E-state index contributed by atoms with van der Waals surface area (Å²) >= 11 is 0. The number of aryl methyl sites for hydroxylation is 1. The first kappa shape index (κ1) is 12.7. The summed E-state index contributed by atoms with van der Waals surface area (Å²) in [5.41, 5.74) is 0. The van der Waals surface area contributed by atoms with Crippen molar-refractivity contribution in [2.24, 2.45) is 0 Å². The number of carbonyl (C=O) groups is 1. The van der Waals surface area contributed by atoms with Crippen molar-refractivity contribution in [3.05, 3.63) is 18.5 Å². The van der Waals surface area contributed by atoms with E-state index in [4.69, 9.17) is 0 Å². The second-order valence-corrected chi connectivity index (χ2v) is 3.68. The van der Waals surface area contributed by atoms with Crippen molar-refractivity contribution in [3.8, 4) is 0 Å². The minimum atomic E-state index is 0.135. The summed E-state index contributed by atoms with van der Waals surface area (Å²) in [4.78, 5) is 11.3. The Kier molecular flexibility index (Phi) is 6.25. The number of hydrogen-bond acceptors (Lipinski definition) is 3. The van der Waals surface area contributed by atoms with Crippen LogP contribution in [0, 0.1) is 0 Å². The maximum Gasteiger partial charge on any atom is 0.220 e. The monoisotopic (exact) mass is 224 g/mol. The molecule has 0 fully saturated rings. The zero-order valence-electron chi connectivity index (χ0n) is 9.78. The van der Waals surface area contributed by atoms with Gasteiger partial charge in [-0.05, 0) is 32.5 Å². The van der Waals surface area contributed by atoms with Crippen LogP contribution in [0.25, 0.3) is 0 Å². The fraction of sp³-hybridized carbons (Fsp3) is 0.636. The number of aromatic nitrogens is 2. The highest BCUT2D eigenvalue weighted by atomic mass is 16.1. The molecule has 0 atom stereocenters. The first-order chi connectivity index (χ1) is 7.83. The Hall–Kier alpha value is -1.36. The van der Waals surface area contributed by atoms with Crippen LogP contribution in [0.15, 0.2) is 18.5 Å². The number of nitrogens with one attached hydrogen (secondary N) is 2. The van der Waals surface area contributed by atoms with Crippen LogP contribution in [-0.4, -0.2) is 35.8 Å². The first-order valence-electron chi connectivity index (χ1n) is 5.71. The summed E-state index contributed by atoms with van der Waals surface area (Å²) in [6, 6.07) is 1.90. The van der Waals surface area contributed by atoms with E-state index in [-0.39, 0.29) is 5.91 Å². The molecule has 0 unspecified atom stereocenters. The number of amides is 1. The highest BCUT2D eigenvalue weighted by molar-refractivity contribution is 5.75. The van der Waals surface area contributed by atoms with Crippen molar-refractivity contribution >= 4 is 5.91 Å². The number of hydrogen-bond donors (Lipinski definition) is 2. The van der Waals surface area contributed by atoms with E-state index in [2.05, 4.69) is 15.7 Å². The highest BCUT2D eigenvalue weighted by Gasteiger charge is 1.99. The van der Waals surface area contributed by atoms with Gasteiger partial charge in [0.15, 0.2) is 0 Å². The van der Waals surface area contributed by atoms with Crippen molar-refractivity contribution in [3.63, 3.8) is 0 Å². The topological polar surface area (TPSA) is 59.0 Å². The van der Waals surface area contributed by atoms with Gasteiger partial charge in [0.05, 0.1) is 0 Å². The van der Waals surface area contributed by atoms with E-state index in [0.29, 0.717) is 6.42 Å². The lowest BCUT2D eigenvalue weighted by molar-refractivity contribution is -0.121. The maximum absolute atomic E-state index is 11.3. The zero-order valence-corrected chi connectivity index (χ0v) is 9.78. The zero-order chi connectivity index (χ0) is 11.6. The Labute approximate surface area is 96.2 Å². The Morgan fingerprint density at radius 3 is 2.94 bits per heavy atom. The van der Waals surface area contributed by atoms with E-state index in [1.54, 1.807) is 6.20 Å². The van der Waals surface area contributed by atoms with E-state index < -0.39 is 0 Å². The Morgan fingerprint density at radius 2 is 2.25 bits per heavy atom. The molecule has 1 heterocycles. The summed E-state index contributed by atoms with van der Waals surface area (Å²) < 4.78 is 1.87. The summed E-state index contributed by atoms with van der Waals surface area (Å²) in [7, 11) is 1.89. The summed E-state index contributed by atoms with van der Waals surface area (Å²) in [5, 5.41) is 10.0. The van der Waals surface area contributed by atoms with Crippen molar-refractivity contribution in [1.82, 2.24) is 20.4 Å². The van der Waals surface area contributed by atoms with Gasteiger partial charge in [0.25, 0.3) is 0 Å². The number of nitrogens with zero attached hydrogens (tertiary/aromatic N) is 2. The van der Waals surface area contributed by atoms with E-state index in [1.165, 1.54) is 0 Å². The van der Waals surface area contributed by atoms with Gasteiger partial charge in [0, 0.05) is 31.9 Å². The molecule has 5 heteroatoms. The lowest BCUT2D eigenvalue weighted by Crippen LogP contribution is -2.25. The summed E-state index contributed by atoms with van der Waals surface area (Å²) in [6.45, 7) is 2.46. The van der Waals surface area contributed by atoms with Crippen LogP contribution < -0.4 is 10.6 Å². The van der Waals surface area contributed by atoms with Crippen molar-refractivity contribution < 1.29 is 4.79 Å². The standard InChI is InChI=1S/C11H20N4O/c1-12-6-2-5-11(16)13-7-3-9-15-10-4-8-14-15/h4,8,10,12H,2-3,5-7,9H2,1H3,(H,13,16). The van der Waals surface area contributed by atoms with Gasteiger partial charge in [-0.1, -0.05) is 0 Å². The molecule has 1 amide bonds. The number of carbonyl (C=O) groups excluding carboxylic acids is 1. The van der Waals surface area contributed by atoms with Crippen molar-refractivity contribution in [1.29, 1.82) is 0 Å². The van der Waals surface area contributed by atoms with Crippen LogP contribution in [0.5, 0.6) is 0 Å². The third kappa shape index (κ3) is 5.50.